The van der Waals surface area contributed by atoms with Gasteiger partial charge in [0.2, 0.25) is 5.76 Å². The van der Waals surface area contributed by atoms with E-state index >= 15 is 0 Å². The van der Waals surface area contributed by atoms with Crippen molar-refractivity contribution in [3.8, 4) is 0 Å². The average molecular weight is 255 g/mol. The molecule has 0 bridgehead atoms. The summed E-state index contributed by atoms with van der Waals surface area (Å²) >= 11 is 0. The van der Waals surface area contributed by atoms with Crippen LogP contribution in [-0.2, 0) is 17.6 Å². The number of carboxylic acid groups (broad SMARTS) is 1. The summed E-state index contributed by atoms with van der Waals surface area (Å²) in [5.74, 6) is -0.225. The maximum absolute atomic E-state index is 11.0. The molecule has 0 aliphatic heterocycles. The number of oxazole rings is 1. The van der Waals surface area contributed by atoms with Gasteiger partial charge in [-0.3, -0.25) is 0 Å². The van der Waals surface area contributed by atoms with Crippen LogP contribution in [0.25, 0.3) is 0 Å². The Labute approximate surface area is 107 Å². The summed E-state index contributed by atoms with van der Waals surface area (Å²) in [7, 11) is 0. The van der Waals surface area contributed by atoms with Crippen molar-refractivity contribution in [2.45, 2.75) is 40.0 Å². The summed E-state index contributed by atoms with van der Waals surface area (Å²) in [5.41, 5.74) is 0.545. The highest BCUT2D eigenvalue weighted by Gasteiger charge is 2.19. The zero-order valence-electron chi connectivity index (χ0n) is 11.2. The summed E-state index contributed by atoms with van der Waals surface area (Å²) in [4.78, 5) is 15.3. The lowest BCUT2D eigenvalue weighted by Crippen LogP contribution is -2.03. The number of hydrogen-bond acceptors (Lipinski definition) is 4. The Hall–Kier alpha value is -1.36. The van der Waals surface area contributed by atoms with Crippen molar-refractivity contribution in [2.24, 2.45) is 5.92 Å². The molecular formula is C13H21NO4. The van der Waals surface area contributed by atoms with Crippen molar-refractivity contribution in [1.82, 2.24) is 4.98 Å². The Kier molecular flexibility index (Phi) is 5.85. The SMILES string of the molecule is CCOCCCc1nc(CC(C)C)c(C(=O)O)o1. The first kappa shape index (κ1) is 14.7. The van der Waals surface area contributed by atoms with E-state index in [0.29, 0.717) is 43.6 Å². The van der Waals surface area contributed by atoms with Crippen LogP contribution in [0.15, 0.2) is 4.42 Å². The molecule has 0 aliphatic rings. The minimum absolute atomic E-state index is 0.0184. The largest absolute Gasteiger partial charge is 0.475 e. The van der Waals surface area contributed by atoms with E-state index in [1.54, 1.807) is 0 Å². The number of nitrogens with zero attached hydrogens (tertiary/aromatic N) is 1. The maximum Gasteiger partial charge on any atom is 0.373 e. The van der Waals surface area contributed by atoms with Crippen molar-refractivity contribution in [3.05, 3.63) is 17.3 Å². The molecule has 5 heteroatoms. The Bertz CT molecular complexity index is 384. The lowest BCUT2D eigenvalue weighted by atomic mass is 10.1. The first-order valence-electron chi connectivity index (χ1n) is 6.34. The van der Waals surface area contributed by atoms with Crippen molar-refractivity contribution in [3.63, 3.8) is 0 Å². The van der Waals surface area contributed by atoms with Gasteiger partial charge in [0.25, 0.3) is 0 Å². The summed E-state index contributed by atoms with van der Waals surface area (Å²) in [6, 6.07) is 0. The van der Waals surface area contributed by atoms with Gasteiger partial charge in [-0.1, -0.05) is 13.8 Å². The van der Waals surface area contributed by atoms with Gasteiger partial charge in [0.1, 0.15) is 0 Å². The summed E-state index contributed by atoms with van der Waals surface area (Å²) < 4.78 is 10.5. The average Bonchev–Trinajstić information content (AvgIpc) is 2.67. The number of aryl methyl sites for hydroxylation is 1. The number of carboxylic acids is 1. The van der Waals surface area contributed by atoms with Gasteiger partial charge in [0, 0.05) is 19.6 Å². The third-order valence-corrected chi connectivity index (χ3v) is 2.42. The third-order valence-electron chi connectivity index (χ3n) is 2.42. The topological polar surface area (TPSA) is 72.6 Å². The maximum atomic E-state index is 11.0. The second-order valence-corrected chi connectivity index (χ2v) is 4.59. The zero-order chi connectivity index (χ0) is 13.5. The van der Waals surface area contributed by atoms with Gasteiger partial charge < -0.3 is 14.3 Å². The Morgan fingerprint density at radius 1 is 1.50 bits per heavy atom. The van der Waals surface area contributed by atoms with Gasteiger partial charge >= 0.3 is 5.97 Å². The standard InChI is InChI=1S/C13H21NO4/c1-4-17-7-5-6-11-14-10(8-9(2)3)12(18-11)13(15)16/h9H,4-8H2,1-3H3,(H,15,16). The lowest BCUT2D eigenvalue weighted by Gasteiger charge is -2.00. The monoisotopic (exact) mass is 255 g/mol. The molecular weight excluding hydrogens is 234 g/mol. The smallest absolute Gasteiger partial charge is 0.373 e. The van der Waals surface area contributed by atoms with Crippen LogP contribution in [0.2, 0.25) is 0 Å². The molecule has 0 radical (unpaired) electrons. The normalized spacial score (nSPS) is 11.1. The molecule has 5 nitrogen and oxygen atoms in total. The van der Waals surface area contributed by atoms with Gasteiger partial charge in [0.15, 0.2) is 5.89 Å². The molecule has 1 aromatic heterocycles. The zero-order valence-corrected chi connectivity index (χ0v) is 11.2. The van der Waals surface area contributed by atoms with Gasteiger partial charge in [-0.05, 0) is 25.7 Å². The van der Waals surface area contributed by atoms with Crippen molar-refractivity contribution >= 4 is 5.97 Å². The molecule has 1 N–H and O–H groups in total. The summed E-state index contributed by atoms with van der Waals surface area (Å²) in [5, 5.41) is 9.04. The lowest BCUT2D eigenvalue weighted by molar-refractivity contribution is 0.0658. The van der Waals surface area contributed by atoms with Gasteiger partial charge in [-0.2, -0.15) is 0 Å². The van der Waals surface area contributed by atoms with Crippen LogP contribution in [0.3, 0.4) is 0 Å². The van der Waals surface area contributed by atoms with Crippen LogP contribution in [0.1, 0.15) is 49.3 Å². The number of ether oxygens (including phenoxy) is 1. The molecule has 0 amide bonds. The fourth-order valence-electron chi connectivity index (χ4n) is 1.67. The molecule has 0 fully saturated rings. The van der Waals surface area contributed by atoms with E-state index in [0.717, 1.165) is 6.42 Å². The molecule has 0 spiro atoms. The summed E-state index contributed by atoms with van der Waals surface area (Å²) in [6.45, 7) is 7.31. The highest BCUT2D eigenvalue weighted by Crippen LogP contribution is 2.16. The number of aromatic carboxylic acids is 1. The van der Waals surface area contributed by atoms with Gasteiger partial charge in [0.05, 0.1) is 5.69 Å². The van der Waals surface area contributed by atoms with Crippen LogP contribution in [0, 0.1) is 5.92 Å². The second-order valence-electron chi connectivity index (χ2n) is 4.59. The molecule has 0 aromatic carbocycles. The van der Waals surface area contributed by atoms with Gasteiger partial charge in [-0.25, -0.2) is 9.78 Å². The number of aromatic nitrogens is 1. The second kappa shape index (κ2) is 7.16. The van der Waals surface area contributed by atoms with E-state index in [2.05, 4.69) is 4.98 Å². The van der Waals surface area contributed by atoms with E-state index in [1.165, 1.54) is 0 Å². The van der Waals surface area contributed by atoms with Crippen molar-refractivity contribution < 1.29 is 19.1 Å². The fraction of sp³-hybridized carbons (Fsp3) is 0.692. The van der Waals surface area contributed by atoms with Crippen molar-refractivity contribution in [2.75, 3.05) is 13.2 Å². The quantitative estimate of drug-likeness (QED) is 0.723. The molecule has 102 valence electrons. The molecule has 0 atom stereocenters. The van der Waals surface area contributed by atoms with E-state index in [-0.39, 0.29) is 5.76 Å². The van der Waals surface area contributed by atoms with Gasteiger partial charge in [-0.15, -0.1) is 0 Å². The Morgan fingerprint density at radius 2 is 2.22 bits per heavy atom. The molecule has 0 saturated heterocycles. The predicted molar refractivity (Wildman–Crippen MR) is 66.8 cm³/mol. The Balaban J connectivity index is 2.66. The highest BCUT2D eigenvalue weighted by atomic mass is 16.5. The minimum atomic E-state index is -1.05. The number of carbonyl (C=O) groups is 1. The van der Waals surface area contributed by atoms with Crippen LogP contribution in [-0.4, -0.2) is 29.3 Å². The minimum Gasteiger partial charge on any atom is -0.475 e. The highest BCUT2D eigenvalue weighted by molar-refractivity contribution is 5.85. The molecule has 18 heavy (non-hydrogen) atoms. The van der Waals surface area contributed by atoms with E-state index < -0.39 is 5.97 Å². The number of rotatable bonds is 8. The molecule has 1 aromatic rings. The fourth-order valence-corrected chi connectivity index (χ4v) is 1.67. The van der Waals surface area contributed by atoms with E-state index in [9.17, 15) is 4.79 Å². The first-order chi connectivity index (χ1) is 8.54. The molecule has 1 rings (SSSR count). The van der Waals surface area contributed by atoms with Crippen LogP contribution in [0.5, 0.6) is 0 Å². The van der Waals surface area contributed by atoms with E-state index in [4.69, 9.17) is 14.3 Å². The van der Waals surface area contributed by atoms with E-state index in [1.807, 2.05) is 20.8 Å². The first-order valence-corrected chi connectivity index (χ1v) is 6.34. The van der Waals surface area contributed by atoms with Crippen LogP contribution < -0.4 is 0 Å². The molecule has 0 unspecified atom stereocenters. The van der Waals surface area contributed by atoms with Crippen molar-refractivity contribution in [1.29, 1.82) is 0 Å². The van der Waals surface area contributed by atoms with Crippen LogP contribution >= 0.6 is 0 Å². The number of hydrogen-bond donors (Lipinski definition) is 1. The molecule has 1 heterocycles. The third kappa shape index (κ3) is 4.49. The molecule has 0 saturated carbocycles. The Morgan fingerprint density at radius 3 is 2.78 bits per heavy atom. The summed E-state index contributed by atoms with van der Waals surface area (Å²) in [6.07, 6.45) is 2.02. The predicted octanol–water partition coefficient (Wildman–Crippen LogP) is 2.54. The molecule has 0 aliphatic carbocycles. The van der Waals surface area contributed by atoms with Crippen LogP contribution in [0.4, 0.5) is 0 Å².